The number of nitrogens with one attached hydrogen (secondary N) is 3. The van der Waals surface area contributed by atoms with E-state index in [1.54, 1.807) is 24.3 Å². The molecule has 35 heavy (non-hydrogen) atoms. The van der Waals surface area contributed by atoms with Crippen molar-refractivity contribution in [1.82, 2.24) is 15.6 Å². The summed E-state index contributed by atoms with van der Waals surface area (Å²) in [6, 6.07) is 6.12. The standard InChI is InChI=1S/C27H37N3O5/c1-6-7-8-19(24(32)28-15-17-9-11-18(12-10-17)26(34)35-5)30-25(33)23-16(2)22-20(29-23)13-27(3,4)14-21(22)31/h9-12,19,21,29,31H,6-8,13-15H2,1-5H3,(H,28,32)(H,30,33). The number of carbonyl (C=O) groups excluding carboxylic acids is 3. The first-order valence-corrected chi connectivity index (χ1v) is 12.2. The van der Waals surface area contributed by atoms with Crippen molar-refractivity contribution in [2.45, 2.75) is 78.5 Å². The zero-order valence-electron chi connectivity index (χ0n) is 21.3. The summed E-state index contributed by atoms with van der Waals surface area (Å²) in [5.74, 6) is -1.03. The number of esters is 1. The number of unbranched alkanes of at least 4 members (excludes halogenated alkanes) is 1. The lowest BCUT2D eigenvalue weighted by molar-refractivity contribution is -0.123. The van der Waals surface area contributed by atoms with Crippen molar-refractivity contribution in [3.05, 3.63) is 57.9 Å². The zero-order chi connectivity index (χ0) is 25.8. The molecule has 1 aliphatic carbocycles. The number of aromatic amines is 1. The molecule has 2 amide bonds. The number of fused-ring (bicyclic) bond motifs is 1. The van der Waals surface area contributed by atoms with Gasteiger partial charge in [0.15, 0.2) is 0 Å². The molecule has 1 heterocycles. The van der Waals surface area contributed by atoms with Gasteiger partial charge < -0.3 is 25.5 Å². The Hall–Kier alpha value is -3.13. The van der Waals surface area contributed by atoms with Crippen molar-refractivity contribution in [3.63, 3.8) is 0 Å². The van der Waals surface area contributed by atoms with Crippen LogP contribution >= 0.6 is 0 Å². The van der Waals surface area contributed by atoms with Crippen LogP contribution in [0.5, 0.6) is 0 Å². The van der Waals surface area contributed by atoms with E-state index < -0.39 is 18.1 Å². The number of methoxy groups -OCH3 is 1. The maximum absolute atomic E-state index is 13.2. The van der Waals surface area contributed by atoms with Crippen LogP contribution in [0.15, 0.2) is 24.3 Å². The summed E-state index contributed by atoms with van der Waals surface area (Å²) >= 11 is 0. The van der Waals surface area contributed by atoms with Gasteiger partial charge in [0.1, 0.15) is 11.7 Å². The predicted octanol–water partition coefficient (Wildman–Crippen LogP) is 3.72. The van der Waals surface area contributed by atoms with Crippen molar-refractivity contribution < 1.29 is 24.2 Å². The van der Waals surface area contributed by atoms with Crippen molar-refractivity contribution in [2.75, 3.05) is 7.11 Å². The summed E-state index contributed by atoms with van der Waals surface area (Å²) in [6.07, 6.45) is 2.98. The number of amides is 2. The first-order chi connectivity index (χ1) is 16.6. The molecule has 1 aliphatic rings. The number of benzene rings is 1. The second kappa shape index (κ2) is 11.1. The van der Waals surface area contributed by atoms with Crippen LogP contribution in [0.1, 0.15) is 95.8 Å². The first kappa shape index (κ1) is 26.5. The number of hydrogen-bond acceptors (Lipinski definition) is 5. The molecule has 190 valence electrons. The van der Waals surface area contributed by atoms with Gasteiger partial charge >= 0.3 is 5.97 Å². The van der Waals surface area contributed by atoms with E-state index in [0.717, 1.165) is 41.6 Å². The number of aliphatic hydroxyl groups is 1. The third-order valence-corrected chi connectivity index (χ3v) is 6.65. The van der Waals surface area contributed by atoms with Gasteiger partial charge in [-0.15, -0.1) is 0 Å². The van der Waals surface area contributed by atoms with E-state index in [1.165, 1.54) is 7.11 Å². The average Bonchev–Trinajstić information content (AvgIpc) is 3.14. The minimum absolute atomic E-state index is 0.0595. The Morgan fingerprint density at radius 3 is 2.54 bits per heavy atom. The molecule has 0 radical (unpaired) electrons. The molecular formula is C27H37N3O5. The van der Waals surface area contributed by atoms with Gasteiger partial charge in [0.25, 0.3) is 5.91 Å². The third kappa shape index (κ3) is 6.31. The minimum atomic E-state index is -0.683. The molecular weight excluding hydrogens is 446 g/mol. The normalized spacial score (nSPS) is 17.3. The van der Waals surface area contributed by atoms with E-state index in [2.05, 4.69) is 29.5 Å². The van der Waals surface area contributed by atoms with Crippen LogP contribution in [0, 0.1) is 12.3 Å². The summed E-state index contributed by atoms with van der Waals surface area (Å²) in [5, 5.41) is 16.4. The molecule has 2 unspecified atom stereocenters. The van der Waals surface area contributed by atoms with E-state index in [4.69, 9.17) is 4.74 Å². The fourth-order valence-electron chi connectivity index (χ4n) is 4.76. The third-order valence-electron chi connectivity index (χ3n) is 6.65. The highest BCUT2D eigenvalue weighted by atomic mass is 16.5. The van der Waals surface area contributed by atoms with Crippen LogP contribution in [-0.4, -0.2) is 41.0 Å². The molecule has 0 saturated carbocycles. The Labute approximate surface area is 206 Å². The highest BCUT2D eigenvalue weighted by Crippen LogP contribution is 2.42. The Bertz CT molecular complexity index is 1070. The molecule has 0 bridgehead atoms. The van der Waals surface area contributed by atoms with E-state index in [0.29, 0.717) is 24.1 Å². The van der Waals surface area contributed by atoms with Gasteiger partial charge in [-0.3, -0.25) is 9.59 Å². The average molecular weight is 484 g/mol. The van der Waals surface area contributed by atoms with Crippen LogP contribution in [0.3, 0.4) is 0 Å². The van der Waals surface area contributed by atoms with E-state index in [-0.39, 0.29) is 23.8 Å². The highest BCUT2D eigenvalue weighted by Gasteiger charge is 2.35. The lowest BCUT2D eigenvalue weighted by Gasteiger charge is -2.33. The van der Waals surface area contributed by atoms with Crippen LogP contribution in [0.4, 0.5) is 0 Å². The molecule has 1 aromatic carbocycles. The molecule has 8 heteroatoms. The second-order valence-electron chi connectivity index (χ2n) is 10.2. The van der Waals surface area contributed by atoms with Crippen LogP contribution < -0.4 is 10.6 Å². The number of carbonyl (C=O) groups is 3. The van der Waals surface area contributed by atoms with Gasteiger partial charge in [-0.25, -0.2) is 4.79 Å². The quantitative estimate of drug-likeness (QED) is 0.405. The largest absolute Gasteiger partial charge is 0.465 e. The molecule has 0 aliphatic heterocycles. The van der Waals surface area contributed by atoms with Gasteiger partial charge in [0, 0.05) is 17.8 Å². The summed E-state index contributed by atoms with van der Waals surface area (Å²) < 4.78 is 4.70. The van der Waals surface area contributed by atoms with Gasteiger partial charge in [0.2, 0.25) is 5.91 Å². The van der Waals surface area contributed by atoms with Gasteiger partial charge in [-0.1, -0.05) is 45.7 Å². The zero-order valence-corrected chi connectivity index (χ0v) is 21.3. The van der Waals surface area contributed by atoms with Gasteiger partial charge in [-0.05, 0) is 54.9 Å². The Kier molecular flexibility index (Phi) is 8.38. The number of H-pyrrole nitrogens is 1. The minimum Gasteiger partial charge on any atom is -0.465 e. The van der Waals surface area contributed by atoms with Crippen molar-refractivity contribution in [1.29, 1.82) is 0 Å². The van der Waals surface area contributed by atoms with E-state index in [9.17, 15) is 19.5 Å². The second-order valence-corrected chi connectivity index (χ2v) is 10.2. The lowest BCUT2D eigenvalue weighted by atomic mass is 9.75. The molecule has 8 nitrogen and oxygen atoms in total. The van der Waals surface area contributed by atoms with Crippen molar-refractivity contribution >= 4 is 17.8 Å². The SMILES string of the molecule is CCCCC(NC(=O)c1[nH]c2c(c1C)C(O)CC(C)(C)C2)C(=O)NCc1ccc(C(=O)OC)cc1. The van der Waals surface area contributed by atoms with Gasteiger partial charge in [0.05, 0.1) is 18.8 Å². The van der Waals surface area contributed by atoms with Crippen LogP contribution in [0.25, 0.3) is 0 Å². The number of aliphatic hydroxyl groups excluding tert-OH is 1. The molecule has 4 N–H and O–H groups in total. The number of aromatic nitrogens is 1. The van der Waals surface area contributed by atoms with Gasteiger partial charge in [-0.2, -0.15) is 0 Å². The number of rotatable bonds is 9. The lowest BCUT2D eigenvalue weighted by Crippen LogP contribution is -2.46. The predicted molar refractivity (Wildman–Crippen MR) is 133 cm³/mol. The number of hydrogen-bond donors (Lipinski definition) is 4. The fourth-order valence-corrected chi connectivity index (χ4v) is 4.76. The summed E-state index contributed by atoms with van der Waals surface area (Å²) in [7, 11) is 1.33. The Morgan fingerprint density at radius 1 is 1.23 bits per heavy atom. The molecule has 1 aromatic heterocycles. The summed E-state index contributed by atoms with van der Waals surface area (Å²) in [4.78, 5) is 41.0. The summed E-state index contributed by atoms with van der Waals surface area (Å²) in [5.41, 5.74) is 4.04. The van der Waals surface area contributed by atoms with Crippen molar-refractivity contribution in [3.8, 4) is 0 Å². The summed E-state index contributed by atoms with van der Waals surface area (Å²) in [6.45, 7) is 8.35. The molecule has 3 rings (SSSR count). The molecule has 2 aromatic rings. The first-order valence-electron chi connectivity index (χ1n) is 12.2. The Morgan fingerprint density at radius 2 is 1.91 bits per heavy atom. The van der Waals surface area contributed by atoms with Crippen molar-refractivity contribution in [2.24, 2.45) is 5.41 Å². The topological polar surface area (TPSA) is 121 Å². The highest BCUT2D eigenvalue weighted by molar-refractivity contribution is 5.97. The molecule has 0 spiro atoms. The molecule has 0 fully saturated rings. The smallest absolute Gasteiger partial charge is 0.337 e. The Balaban J connectivity index is 1.69. The van der Waals surface area contributed by atoms with E-state index in [1.807, 2.05) is 13.8 Å². The molecule has 2 atom stereocenters. The molecule has 0 saturated heterocycles. The maximum atomic E-state index is 13.2. The van der Waals surface area contributed by atoms with Crippen LogP contribution in [-0.2, 0) is 22.5 Å². The fraction of sp³-hybridized carbons (Fsp3) is 0.519. The number of ether oxygens (including phenoxy) is 1. The monoisotopic (exact) mass is 483 g/mol. The van der Waals surface area contributed by atoms with E-state index >= 15 is 0 Å². The maximum Gasteiger partial charge on any atom is 0.337 e. The van der Waals surface area contributed by atoms with Crippen LogP contribution in [0.2, 0.25) is 0 Å².